The molecule has 31 heavy (non-hydrogen) atoms. The molecular weight excluding hydrogens is 409 g/mol. The van der Waals surface area contributed by atoms with Gasteiger partial charge in [-0.1, -0.05) is 6.07 Å². The van der Waals surface area contributed by atoms with Crippen LogP contribution in [0.2, 0.25) is 0 Å². The standard InChI is InChI=1S/C21H17F3N6O/c1-25-8-10-5-14(23)17(15(24)6-10)20-27-9-16-19(28-20)18(30-29-16)11-3-4-12(13(22)7-11)21(31)26-2/h3-7,9,25H,8H2,1-2H3,(H,26,31)(H,29,30). The zero-order chi connectivity index (χ0) is 22.1. The Labute approximate surface area is 174 Å². The largest absolute Gasteiger partial charge is 0.355 e. The van der Waals surface area contributed by atoms with E-state index in [1.807, 2.05) is 0 Å². The highest BCUT2D eigenvalue weighted by atomic mass is 19.1. The maximum atomic E-state index is 14.6. The van der Waals surface area contributed by atoms with Crippen molar-refractivity contribution in [3.63, 3.8) is 0 Å². The van der Waals surface area contributed by atoms with Crippen LogP contribution in [-0.2, 0) is 6.54 Å². The second-order valence-corrected chi connectivity index (χ2v) is 6.77. The maximum absolute atomic E-state index is 14.6. The minimum absolute atomic E-state index is 0.118. The van der Waals surface area contributed by atoms with Gasteiger partial charge in [0.1, 0.15) is 34.2 Å². The first-order valence-corrected chi connectivity index (χ1v) is 9.29. The van der Waals surface area contributed by atoms with Crippen molar-refractivity contribution >= 4 is 16.9 Å². The third-order valence-corrected chi connectivity index (χ3v) is 4.72. The number of rotatable bonds is 5. The van der Waals surface area contributed by atoms with Gasteiger partial charge in [-0.3, -0.25) is 9.89 Å². The number of amides is 1. The molecule has 2 aromatic heterocycles. The second-order valence-electron chi connectivity index (χ2n) is 6.77. The van der Waals surface area contributed by atoms with E-state index in [0.717, 1.165) is 6.07 Å². The molecule has 4 rings (SSSR count). The van der Waals surface area contributed by atoms with Gasteiger partial charge < -0.3 is 10.6 Å². The van der Waals surface area contributed by atoms with Crippen LogP contribution in [0, 0.1) is 17.5 Å². The minimum Gasteiger partial charge on any atom is -0.355 e. The average Bonchev–Trinajstić information content (AvgIpc) is 3.16. The van der Waals surface area contributed by atoms with Gasteiger partial charge in [0.05, 0.1) is 17.3 Å². The zero-order valence-corrected chi connectivity index (χ0v) is 16.6. The van der Waals surface area contributed by atoms with Gasteiger partial charge >= 0.3 is 0 Å². The summed E-state index contributed by atoms with van der Waals surface area (Å²) >= 11 is 0. The number of benzene rings is 2. The molecule has 0 aliphatic heterocycles. The summed E-state index contributed by atoms with van der Waals surface area (Å²) in [6.45, 7) is 0.303. The molecule has 0 saturated heterocycles. The lowest BCUT2D eigenvalue weighted by molar-refractivity contribution is 0.0959. The molecule has 2 aromatic carbocycles. The molecule has 0 atom stereocenters. The van der Waals surface area contributed by atoms with Crippen LogP contribution in [0.15, 0.2) is 36.5 Å². The molecule has 10 heteroatoms. The van der Waals surface area contributed by atoms with Gasteiger partial charge in [-0.25, -0.2) is 23.1 Å². The van der Waals surface area contributed by atoms with E-state index in [9.17, 15) is 18.0 Å². The van der Waals surface area contributed by atoms with Crippen molar-refractivity contribution < 1.29 is 18.0 Å². The normalized spacial score (nSPS) is 11.1. The van der Waals surface area contributed by atoms with Gasteiger partial charge in [-0.2, -0.15) is 5.10 Å². The first-order chi connectivity index (χ1) is 14.9. The summed E-state index contributed by atoms with van der Waals surface area (Å²) in [6.07, 6.45) is 1.35. The topological polar surface area (TPSA) is 95.6 Å². The summed E-state index contributed by atoms with van der Waals surface area (Å²) in [5.41, 5.74) is 1.22. The lowest BCUT2D eigenvalue weighted by Crippen LogP contribution is -2.19. The highest BCUT2D eigenvalue weighted by Gasteiger charge is 2.19. The van der Waals surface area contributed by atoms with Gasteiger partial charge in [0.25, 0.3) is 5.91 Å². The quantitative estimate of drug-likeness (QED) is 0.456. The second kappa shape index (κ2) is 8.15. The number of hydrogen-bond acceptors (Lipinski definition) is 5. The fraction of sp³-hybridized carbons (Fsp3) is 0.143. The predicted molar refractivity (Wildman–Crippen MR) is 109 cm³/mol. The summed E-state index contributed by atoms with van der Waals surface area (Å²) in [5, 5.41) is 12.0. The zero-order valence-electron chi connectivity index (χ0n) is 16.6. The van der Waals surface area contributed by atoms with E-state index in [4.69, 9.17) is 0 Å². The van der Waals surface area contributed by atoms with Crippen molar-refractivity contribution in [3.05, 3.63) is 65.1 Å². The van der Waals surface area contributed by atoms with Gasteiger partial charge in [0, 0.05) is 19.2 Å². The Morgan fingerprint density at radius 3 is 2.45 bits per heavy atom. The highest BCUT2D eigenvalue weighted by molar-refractivity contribution is 5.96. The molecule has 0 unspecified atom stereocenters. The predicted octanol–water partition coefficient (Wildman–Crippen LogP) is 3.18. The Morgan fingerprint density at radius 2 is 1.81 bits per heavy atom. The van der Waals surface area contributed by atoms with E-state index >= 15 is 0 Å². The Kier molecular flexibility index (Phi) is 5.38. The number of H-pyrrole nitrogens is 1. The number of aromatic amines is 1. The van der Waals surface area contributed by atoms with Crippen molar-refractivity contribution in [1.82, 2.24) is 30.8 Å². The van der Waals surface area contributed by atoms with Crippen molar-refractivity contribution in [3.8, 4) is 22.6 Å². The number of hydrogen-bond donors (Lipinski definition) is 3. The Morgan fingerprint density at radius 1 is 1.06 bits per heavy atom. The molecule has 0 spiro atoms. The van der Waals surface area contributed by atoms with Gasteiger partial charge in [0.15, 0.2) is 5.82 Å². The molecule has 0 aliphatic rings. The average molecular weight is 426 g/mol. The molecule has 0 radical (unpaired) electrons. The number of carbonyl (C=O) groups excluding carboxylic acids is 1. The molecule has 0 bridgehead atoms. The molecule has 0 aliphatic carbocycles. The summed E-state index contributed by atoms with van der Waals surface area (Å²) in [6, 6.07) is 6.41. The lowest BCUT2D eigenvalue weighted by atomic mass is 10.1. The van der Waals surface area contributed by atoms with Crippen LogP contribution < -0.4 is 10.6 Å². The van der Waals surface area contributed by atoms with E-state index in [0.29, 0.717) is 23.2 Å². The van der Waals surface area contributed by atoms with E-state index in [2.05, 4.69) is 30.8 Å². The number of nitrogens with zero attached hydrogens (tertiary/aromatic N) is 3. The highest BCUT2D eigenvalue weighted by Crippen LogP contribution is 2.30. The van der Waals surface area contributed by atoms with E-state index in [-0.39, 0.29) is 28.2 Å². The SMILES string of the molecule is CNCc1cc(F)c(-c2ncc3[nH]nc(-c4ccc(C(=O)NC)c(F)c4)c3n2)c(F)c1. The molecule has 3 N–H and O–H groups in total. The van der Waals surface area contributed by atoms with E-state index < -0.39 is 23.4 Å². The molecule has 2 heterocycles. The van der Waals surface area contributed by atoms with Crippen molar-refractivity contribution in [2.75, 3.05) is 14.1 Å². The molecular formula is C21H17F3N6O. The van der Waals surface area contributed by atoms with Gasteiger partial charge in [-0.05, 0) is 36.9 Å². The lowest BCUT2D eigenvalue weighted by Gasteiger charge is -2.08. The van der Waals surface area contributed by atoms with Gasteiger partial charge in [-0.15, -0.1) is 0 Å². The molecule has 158 valence electrons. The van der Waals surface area contributed by atoms with Crippen LogP contribution in [-0.4, -0.2) is 40.2 Å². The first-order valence-electron chi connectivity index (χ1n) is 9.29. The number of nitrogens with one attached hydrogen (secondary N) is 3. The Hall–Kier alpha value is -3.79. The third-order valence-electron chi connectivity index (χ3n) is 4.72. The summed E-state index contributed by atoms with van der Waals surface area (Å²) in [5.74, 6) is -3.05. The van der Waals surface area contributed by atoms with Crippen LogP contribution in [0.3, 0.4) is 0 Å². The third kappa shape index (κ3) is 3.73. The number of carbonyl (C=O) groups is 1. The molecule has 0 saturated carbocycles. The van der Waals surface area contributed by atoms with Crippen LogP contribution >= 0.6 is 0 Å². The minimum atomic E-state index is -0.796. The number of fused-ring (bicyclic) bond motifs is 1. The van der Waals surface area contributed by atoms with E-state index in [1.165, 1.54) is 37.5 Å². The fourth-order valence-electron chi connectivity index (χ4n) is 3.26. The van der Waals surface area contributed by atoms with Crippen molar-refractivity contribution in [1.29, 1.82) is 0 Å². The van der Waals surface area contributed by atoms with Gasteiger partial charge in [0.2, 0.25) is 0 Å². The number of halogens is 3. The summed E-state index contributed by atoms with van der Waals surface area (Å²) in [7, 11) is 3.07. The van der Waals surface area contributed by atoms with Crippen molar-refractivity contribution in [2.24, 2.45) is 0 Å². The maximum Gasteiger partial charge on any atom is 0.253 e. The van der Waals surface area contributed by atoms with E-state index in [1.54, 1.807) is 7.05 Å². The summed E-state index contributed by atoms with van der Waals surface area (Å²) < 4.78 is 43.6. The van der Waals surface area contributed by atoms with Crippen LogP contribution in [0.1, 0.15) is 15.9 Å². The number of aromatic nitrogens is 4. The molecule has 0 fully saturated rings. The van der Waals surface area contributed by atoms with Crippen LogP contribution in [0.4, 0.5) is 13.2 Å². The Bertz CT molecular complexity index is 1280. The molecule has 1 amide bonds. The molecule has 7 nitrogen and oxygen atoms in total. The Balaban J connectivity index is 1.81. The molecule has 4 aromatic rings. The van der Waals surface area contributed by atoms with Crippen LogP contribution in [0.5, 0.6) is 0 Å². The summed E-state index contributed by atoms with van der Waals surface area (Å²) in [4.78, 5) is 20.0. The monoisotopic (exact) mass is 426 g/mol. The first kappa shape index (κ1) is 20.5. The van der Waals surface area contributed by atoms with Crippen molar-refractivity contribution in [2.45, 2.75) is 6.54 Å². The fourth-order valence-corrected chi connectivity index (χ4v) is 3.26. The van der Waals surface area contributed by atoms with Crippen LogP contribution in [0.25, 0.3) is 33.7 Å². The smallest absolute Gasteiger partial charge is 0.253 e.